The molecular formula is C13H15N5O2. The Bertz CT molecular complexity index is 598. The molecule has 1 atom stereocenters. The molecule has 3 heterocycles. The second kappa shape index (κ2) is 5.38. The molecular weight excluding hydrogens is 258 g/mol. The van der Waals surface area contributed by atoms with E-state index in [0.717, 1.165) is 5.69 Å². The van der Waals surface area contributed by atoms with Crippen LogP contribution >= 0.6 is 0 Å². The largest absolute Gasteiger partial charge is 0.382 e. The van der Waals surface area contributed by atoms with Crippen molar-refractivity contribution in [2.24, 2.45) is 0 Å². The number of fused-ring (bicyclic) bond motifs is 1. The van der Waals surface area contributed by atoms with E-state index in [1.807, 2.05) is 0 Å². The summed E-state index contributed by atoms with van der Waals surface area (Å²) < 4.78 is 7.29. The van der Waals surface area contributed by atoms with Crippen LogP contribution in [0.2, 0.25) is 0 Å². The molecule has 0 aliphatic carbocycles. The summed E-state index contributed by atoms with van der Waals surface area (Å²) in [6.45, 7) is 1.65. The molecule has 104 valence electrons. The summed E-state index contributed by atoms with van der Waals surface area (Å²) in [5.41, 5.74) is 1.41. The first kappa shape index (κ1) is 12.7. The van der Waals surface area contributed by atoms with E-state index in [-0.39, 0.29) is 11.9 Å². The Morgan fingerprint density at radius 1 is 1.50 bits per heavy atom. The van der Waals surface area contributed by atoms with Gasteiger partial charge in [-0.1, -0.05) is 0 Å². The van der Waals surface area contributed by atoms with Gasteiger partial charge in [0.25, 0.3) is 5.91 Å². The molecule has 0 bridgehead atoms. The van der Waals surface area contributed by atoms with Crippen molar-refractivity contribution in [1.82, 2.24) is 24.4 Å². The van der Waals surface area contributed by atoms with E-state index in [9.17, 15) is 4.79 Å². The topological polar surface area (TPSA) is 73.1 Å². The standard InChI is InChI=1S/C13H15N5O2/c1-20-7-11-6-17(5-10-4-15-9-18(10)11)13(19)12-2-3-14-8-16-12/h2-4,8-9,11H,5-7H2,1H3. The van der Waals surface area contributed by atoms with Crippen LogP contribution in [0.4, 0.5) is 0 Å². The number of amides is 1. The van der Waals surface area contributed by atoms with Crippen LogP contribution < -0.4 is 0 Å². The van der Waals surface area contributed by atoms with Gasteiger partial charge < -0.3 is 14.2 Å². The fourth-order valence-corrected chi connectivity index (χ4v) is 2.45. The maximum Gasteiger partial charge on any atom is 0.272 e. The van der Waals surface area contributed by atoms with Crippen molar-refractivity contribution in [1.29, 1.82) is 0 Å². The van der Waals surface area contributed by atoms with Crippen molar-refractivity contribution in [2.75, 3.05) is 20.3 Å². The summed E-state index contributed by atoms with van der Waals surface area (Å²) in [7, 11) is 1.65. The molecule has 3 rings (SSSR count). The second-order valence-electron chi connectivity index (χ2n) is 4.68. The first-order valence-electron chi connectivity index (χ1n) is 6.34. The van der Waals surface area contributed by atoms with Crippen LogP contribution in [-0.4, -0.2) is 50.6 Å². The highest BCUT2D eigenvalue weighted by Gasteiger charge is 2.28. The quantitative estimate of drug-likeness (QED) is 0.815. The molecule has 0 spiro atoms. The zero-order valence-electron chi connectivity index (χ0n) is 11.1. The minimum Gasteiger partial charge on any atom is -0.382 e. The summed E-state index contributed by atoms with van der Waals surface area (Å²) >= 11 is 0. The SMILES string of the molecule is COCC1CN(C(=O)c2ccncn2)Cc2cncn21. The maximum absolute atomic E-state index is 12.4. The van der Waals surface area contributed by atoms with Gasteiger partial charge in [-0.3, -0.25) is 4.79 Å². The van der Waals surface area contributed by atoms with Gasteiger partial charge in [0.15, 0.2) is 0 Å². The highest BCUT2D eigenvalue weighted by Crippen LogP contribution is 2.22. The van der Waals surface area contributed by atoms with Gasteiger partial charge >= 0.3 is 0 Å². The van der Waals surface area contributed by atoms with Gasteiger partial charge in [0, 0.05) is 26.0 Å². The van der Waals surface area contributed by atoms with Gasteiger partial charge in [0.2, 0.25) is 0 Å². The summed E-state index contributed by atoms with van der Waals surface area (Å²) in [6.07, 6.45) is 6.52. The number of hydrogen-bond acceptors (Lipinski definition) is 5. The minimum atomic E-state index is -0.0963. The van der Waals surface area contributed by atoms with Crippen molar-refractivity contribution in [3.8, 4) is 0 Å². The fourth-order valence-electron chi connectivity index (χ4n) is 2.45. The lowest BCUT2D eigenvalue weighted by molar-refractivity contribution is 0.0594. The number of rotatable bonds is 3. The number of methoxy groups -OCH3 is 1. The first-order valence-corrected chi connectivity index (χ1v) is 6.34. The molecule has 1 unspecified atom stereocenters. The molecule has 1 amide bonds. The minimum absolute atomic E-state index is 0.0806. The fraction of sp³-hybridized carbons (Fsp3) is 0.385. The Hall–Kier alpha value is -2.28. The molecule has 0 fully saturated rings. The lowest BCUT2D eigenvalue weighted by Gasteiger charge is -2.33. The van der Waals surface area contributed by atoms with Gasteiger partial charge in [0.05, 0.1) is 31.2 Å². The molecule has 0 radical (unpaired) electrons. The van der Waals surface area contributed by atoms with Gasteiger partial charge in [-0.15, -0.1) is 0 Å². The van der Waals surface area contributed by atoms with E-state index in [1.165, 1.54) is 6.33 Å². The Kier molecular flexibility index (Phi) is 3.42. The monoisotopic (exact) mass is 273 g/mol. The van der Waals surface area contributed by atoms with Crippen molar-refractivity contribution in [3.63, 3.8) is 0 Å². The molecule has 1 aliphatic heterocycles. The molecule has 20 heavy (non-hydrogen) atoms. The van der Waals surface area contributed by atoms with Crippen LogP contribution in [0, 0.1) is 0 Å². The third kappa shape index (κ3) is 2.27. The van der Waals surface area contributed by atoms with E-state index in [0.29, 0.717) is 25.4 Å². The molecule has 1 aliphatic rings. The smallest absolute Gasteiger partial charge is 0.272 e. The number of hydrogen-bond donors (Lipinski definition) is 0. The summed E-state index contributed by atoms with van der Waals surface area (Å²) in [5, 5.41) is 0. The van der Waals surface area contributed by atoms with Gasteiger partial charge in [-0.05, 0) is 6.07 Å². The number of ether oxygens (including phenoxy) is 1. The molecule has 7 nitrogen and oxygen atoms in total. The van der Waals surface area contributed by atoms with Crippen molar-refractivity contribution >= 4 is 5.91 Å². The molecule has 0 saturated carbocycles. The lowest BCUT2D eigenvalue weighted by atomic mass is 10.2. The lowest BCUT2D eigenvalue weighted by Crippen LogP contribution is -2.42. The highest BCUT2D eigenvalue weighted by atomic mass is 16.5. The highest BCUT2D eigenvalue weighted by molar-refractivity contribution is 5.92. The molecule has 2 aromatic heterocycles. The van der Waals surface area contributed by atoms with Crippen LogP contribution in [0.15, 0.2) is 31.1 Å². The van der Waals surface area contributed by atoms with E-state index in [4.69, 9.17) is 4.74 Å². The summed E-state index contributed by atoms with van der Waals surface area (Å²) in [6, 6.07) is 1.71. The molecule has 0 aromatic carbocycles. The summed E-state index contributed by atoms with van der Waals surface area (Å²) in [4.78, 5) is 26.2. The van der Waals surface area contributed by atoms with E-state index in [2.05, 4.69) is 19.5 Å². The maximum atomic E-state index is 12.4. The van der Waals surface area contributed by atoms with E-state index >= 15 is 0 Å². The Morgan fingerprint density at radius 2 is 2.40 bits per heavy atom. The van der Waals surface area contributed by atoms with Crippen LogP contribution in [0.3, 0.4) is 0 Å². The van der Waals surface area contributed by atoms with Crippen LogP contribution in [0.5, 0.6) is 0 Å². The molecule has 2 aromatic rings. The number of nitrogens with zero attached hydrogens (tertiary/aromatic N) is 5. The van der Waals surface area contributed by atoms with Crippen molar-refractivity contribution < 1.29 is 9.53 Å². The normalized spacial score (nSPS) is 17.9. The second-order valence-corrected chi connectivity index (χ2v) is 4.68. The van der Waals surface area contributed by atoms with Gasteiger partial charge in [0.1, 0.15) is 12.0 Å². The number of carbonyl (C=O) groups is 1. The Balaban J connectivity index is 1.84. The Morgan fingerprint density at radius 3 is 3.15 bits per heavy atom. The van der Waals surface area contributed by atoms with Crippen molar-refractivity contribution in [2.45, 2.75) is 12.6 Å². The molecule has 0 saturated heterocycles. The van der Waals surface area contributed by atoms with E-state index in [1.54, 1.807) is 36.8 Å². The van der Waals surface area contributed by atoms with Crippen LogP contribution in [0.1, 0.15) is 22.2 Å². The van der Waals surface area contributed by atoms with Gasteiger partial charge in [-0.25, -0.2) is 15.0 Å². The molecule has 7 heteroatoms. The zero-order chi connectivity index (χ0) is 13.9. The van der Waals surface area contributed by atoms with Crippen LogP contribution in [-0.2, 0) is 11.3 Å². The average molecular weight is 273 g/mol. The number of aromatic nitrogens is 4. The van der Waals surface area contributed by atoms with E-state index < -0.39 is 0 Å². The third-order valence-electron chi connectivity index (χ3n) is 3.37. The predicted molar refractivity (Wildman–Crippen MR) is 69.9 cm³/mol. The molecule has 0 N–H and O–H groups in total. The third-order valence-corrected chi connectivity index (χ3v) is 3.37. The van der Waals surface area contributed by atoms with Crippen LogP contribution in [0.25, 0.3) is 0 Å². The van der Waals surface area contributed by atoms with Gasteiger partial charge in [-0.2, -0.15) is 0 Å². The first-order chi connectivity index (χ1) is 9.79. The zero-order valence-corrected chi connectivity index (χ0v) is 11.1. The van der Waals surface area contributed by atoms with Crippen molar-refractivity contribution in [3.05, 3.63) is 42.5 Å². The summed E-state index contributed by atoms with van der Waals surface area (Å²) in [5.74, 6) is -0.0963. The predicted octanol–water partition coefficient (Wildman–Crippen LogP) is 0.517. The number of carbonyl (C=O) groups excluding carboxylic acids is 1. The Labute approximate surface area is 116 Å². The average Bonchev–Trinajstić information content (AvgIpc) is 2.96. The number of imidazole rings is 1.